The van der Waals surface area contributed by atoms with Crippen LogP contribution in [0.3, 0.4) is 0 Å². The molecule has 0 unspecified atom stereocenters. The van der Waals surface area contributed by atoms with Crippen LogP contribution in [0.2, 0.25) is 13.1 Å². The van der Waals surface area contributed by atoms with Crippen LogP contribution in [0.1, 0.15) is 0 Å². The molecule has 250 valence electrons. The molecule has 0 spiro atoms. The number of fused-ring (bicyclic) bond motifs is 5. The second kappa shape index (κ2) is 12.3. The van der Waals surface area contributed by atoms with Crippen molar-refractivity contribution in [1.82, 2.24) is 15.0 Å². The lowest BCUT2D eigenvalue weighted by molar-refractivity contribution is 1.08. The van der Waals surface area contributed by atoms with E-state index >= 15 is 0 Å². The Kier molecular flexibility index (Phi) is 7.27. The fourth-order valence-corrected chi connectivity index (χ4v) is 11.7. The lowest BCUT2D eigenvalue weighted by Crippen LogP contribution is -2.50. The van der Waals surface area contributed by atoms with Crippen LogP contribution in [0.15, 0.2) is 176 Å². The zero-order valence-corrected chi connectivity index (χ0v) is 30.6. The van der Waals surface area contributed by atoms with Gasteiger partial charge in [0.05, 0.1) is 0 Å². The summed E-state index contributed by atoms with van der Waals surface area (Å²) in [4.78, 5) is 15.9. The molecule has 1 aliphatic heterocycles. The SMILES string of the molecule is C[Si]1(C)c2cc3ccccc3cc2-c2cccc(-c3nc(-c4ccc5cc(-c6ccccc6)ccc5c4)nc(-c4ccccc4-c4ccccc4)n3)c21. The van der Waals surface area contributed by atoms with Gasteiger partial charge >= 0.3 is 0 Å². The number of hydrogen-bond donors (Lipinski definition) is 0. The molecule has 2 heterocycles. The molecule has 3 nitrogen and oxygen atoms in total. The van der Waals surface area contributed by atoms with E-state index in [4.69, 9.17) is 15.0 Å². The topological polar surface area (TPSA) is 38.7 Å². The van der Waals surface area contributed by atoms with E-state index in [1.165, 1.54) is 48.8 Å². The molecule has 53 heavy (non-hydrogen) atoms. The van der Waals surface area contributed by atoms with Crippen LogP contribution in [0.5, 0.6) is 0 Å². The predicted molar refractivity (Wildman–Crippen MR) is 224 cm³/mol. The minimum Gasteiger partial charge on any atom is -0.208 e. The summed E-state index contributed by atoms with van der Waals surface area (Å²) >= 11 is 0. The minimum absolute atomic E-state index is 0.667. The summed E-state index contributed by atoms with van der Waals surface area (Å²) in [5.41, 5.74) is 10.3. The summed E-state index contributed by atoms with van der Waals surface area (Å²) in [5, 5.41) is 7.73. The molecule has 1 aromatic heterocycles. The lowest BCUT2D eigenvalue weighted by atomic mass is 9.98. The van der Waals surface area contributed by atoms with Crippen molar-refractivity contribution >= 4 is 40.0 Å². The van der Waals surface area contributed by atoms with Crippen molar-refractivity contribution in [2.45, 2.75) is 13.1 Å². The van der Waals surface area contributed by atoms with Crippen LogP contribution in [-0.2, 0) is 0 Å². The average Bonchev–Trinajstić information content (AvgIpc) is 3.45. The van der Waals surface area contributed by atoms with E-state index in [-0.39, 0.29) is 0 Å². The van der Waals surface area contributed by atoms with E-state index in [2.05, 4.69) is 189 Å². The molecular formula is C49H35N3Si. The third-order valence-corrected chi connectivity index (χ3v) is 14.4. The van der Waals surface area contributed by atoms with E-state index in [1.807, 2.05) is 0 Å². The lowest BCUT2D eigenvalue weighted by Gasteiger charge is -2.22. The molecular weight excluding hydrogens is 659 g/mol. The highest BCUT2D eigenvalue weighted by Gasteiger charge is 2.40. The summed E-state index contributed by atoms with van der Waals surface area (Å²) < 4.78 is 0. The molecule has 8 aromatic carbocycles. The maximum atomic E-state index is 5.35. The number of aromatic nitrogens is 3. The number of benzene rings is 8. The first-order valence-corrected chi connectivity index (χ1v) is 21.2. The van der Waals surface area contributed by atoms with Crippen molar-refractivity contribution < 1.29 is 0 Å². The Labute approximate surface area is 310 Å². The molecule has 0 N–H and O–H groups in total. The monoisotopic (exact) mass is 693 g/mol. The van der Waals surface area contributed by atoms with Crippen LogP contribution < -0.4 is 10.4 Å². The highest BCUT2D eigenvalue weighted by molar-refractivity contribution is 7.04. The van der Waals surface area contributed by atoms with Gasteiger partial charge in [0.2, 0.25) is 0 Å². The van der Waals surface area contributed by atoms with Gasteiger partial charge in [-0.15, -0.1) is 0 Å². The molecule has 0 fully saturated rings. The van der Waals surface area contributed by atoms with Gasteiger partial charge in [-0.05, 0) is 83.5 Å². The highest BCUT2D eigenvalue weighted by Crippen LogP contribution is 2.37. The molecule has 4 heteroatoms. The van der Waals surface area contributed by atoms with Gasteiger partial charge in [-0.1, -0.05) is 171 Å². The van der Waals surface area contributed by atoms with Gasteiger partial charge in [-0.25, -0.2) is 15.0 Å². The van der Waals surface area contributed by atoms with Crippen molar-refractivity contribution in [3.05, 3.63) is 176 Å². The van der Waals surface area contributed by atoms with E-state index in [0.29, 0.717) is 17.5 Å². The predicted octanol–water partition coefficient (Wildman–Crippen LogP) is 11.3. The van der Waals surface area contributed by atoms with Crippen molar-refractivity contribution in [2.24, 2.45) is 0 Å². The van der Waals surface area contributed by atoms with Gasteiger partial charge in [-0.2, -0.15) is 0 Å². The highest BCUT2D eigenvalue weighted by atomic mass is 28.3. The van der Waals surface area contributed by atoms with Gasteiger partial charge in [0.25, 0.3) is 0 Å². The molecule has 10 rings (SSSR count). The molecule has 0 aliphatic carbocycles. The standard InChI is InChI=1S/C49H35N3Si/c1-53(2)45-31-35-19-10-9-18-34(35)30-44(45)41-22-13-23-43(46(41)53)49-51-47(50-48(52-49)42-21-12-11-20-40(42)33-16-7-4-8-17-33)39-27-26-37-28-36(24-25-38(37)29-39)32-14-5-3-6-15-32/h3-31H,1-2H3. The minimum atomic E-state index is -2.15. The van der Waals surface area contributed by atoms with E-state index < -0.39 is 8.07 Å². The Balaban J connectivity index is 1.18. The van der Waals surface area contributed by atoms with Gasteiger partial charge in [0.15, 0.2) is 17.5 Å². The molecule has 0 saturated carbocycles. The Bertz CT molecular complexity index is 2860. The van der Waals surface area contributed by atoms with E-state index in [0.717, 1.165) is 33.2 Å². The molecule has 0 amide bonds. The summed E-state index contributed by atoms with van der Waals surface area (Å²) in [7, 11) is -2.15. The van der Waals surface area contributed by atoms with E-state index in [9.17, 15) is 0 Å². The quantitative estimate of drug-likeness (QED) is 0.168. The summed E-state index contributed by atoms with van der Waals surface area (Å²) in [6.45, 7) is 4.94. The molecule has 1 aliphatic rings. The van der Waals surface area contributed by atoms with E-state index in [1.54, 1.807) is 0 Å². The Morgan fingerprint density at radius 3 is 1.57 bits per heavy atom. The smallest absolute Gasteiger partial charge is 0.164 e. The van der Waals surface area contributed by atoms with Crippen LogP contribution in [0.4, 0.5) is 0 Å². The zero-order valence-electron chi connectivity index (χ0n) is 29.6. The first-order valence-electron chi connectivity index (χ1n) is 18.2. The van der Waals surface area contributed by atoms with Crippen molar-refractivity contribution in [3.8, 4) is 67.5 Å². The van der Waals surface area contributed by atoms with Crippen LogP contribution in [0, 0.1) is 0 Å². The molecule has 0 bridgehead atoms. The number of nitrogens with zero attached hydrogens (tertiary/aromatic N) is 3. The zero-order chi connectivity index (χ0) is 35.5. The third-order valence-electron chi connectivity index (χ3n) is 10.9. The Morgan fingerprint density at radius 1 is 0.321 bits per heavy atom. The van der Waals surface area contributed by atoms with Gasteiger partial charge < -0.3 is 0 Å². The van der Waals surface area contributed by atoms with Crippen LogP contribution >= 0.6 is 0 Å². The largest absolute Gasteiger partial charge is 0.208 e. The average molecular weight is 694 g/mol. The van der Waals surface area contributed by atoms with Crippen molar-refractivity contribution in [2.75, 3.05) is 0 Å². The normalized spacial score (nSPS) is 12.9. The maximum Gasteiger partial charge on any atom is 0.164 e. The third kappa shape index (κ3) is 5.30. The second-order valence-electron chi connectivity index (χ2n) is 14.5. The van der Waals surface area contributed by atoms with Crippen LogP contribution in [0.25, 0.3) is 89.1 Å². The van der Waals surface area contributed by atoms with Gasteiger partial charge in [-0.3, -0.25) is 0 Å². The summed E-state index contributed by atoms with van der Waals surface area (Å²) in [6.07, 6.45) is 0. The Morgan fingerprint density at radius 2 is 0.830 bits per heavy atom. The molecule has 9 aromatic rings. The molecule has 0 atom stereocenters. The fraction of sp³-hybridized carbons (Fsp3) is 0.0408. The van der Waals surface area contributed by atoms with Gasteiger partial charge in [0, 0.05) is 16.7 Å². The number of hydrogen-bond acceptors (Lipinski definition) is 3. The molecule has 0 saturated heterocycles. The summed E-state index contributed by atoms with van der Waals surface area (Å²) in [5.74, 6) is 2.05. The van der Waals surface area contributed by atoms with Crippen molar-refractivity contribution in [3.63, 3.8) is 0 Å². The maximum absolute atomic E-state index is 5.35. The van der Waals surface area contributed by atoms with Crippen LogP contribution in [-0.4, -0.2) is 23.0 Å². The molecule has 0 radical (unpaired) electrons. The first-order chi connectivity index (χ1) is 26.0. The summed E-state index contributed by atoms with van der Waals surface area (Å²) in [6, 6.07) is 62.9. The first kappa shape index (κ1) is 31.3. The second-order valence-corrected chi connectivity index (χ2v) is 18.7. The van der Waals surface area contributed by atoms with Crippen molar-refractivity contribution in [1.29, 1.82) is 0 Å². The number of rotatable bonds is 5. The fourth-order valence-electron chi connectivity index (χ4n) is 8.24. The van der Waals surface area contributed by atoms with Gasteiger partial charge in [0.1, 0.15) is 8.07 Å². The Hall–Kier alpha value is -6.49.